The van der Waals surface area contributed by atoms with Crippen LogP contribution in [-0.2, 0) is 0 Å². The Morgan fingerprint density at radius 1 is 0.679 bits per heavy atom. The van der Waals surface area contributed by atoms with Gasteiger partial charge in [0.2, 0.25) is 0 Å². The fourth-order valence-electron chi connectivity index (χ4n) is 8.19. The van der Waals surface area contributed by atoms with Gasteiger partial charge < -0.3 is 4.42 Å². The minimum absolute atomic E-state index is 0.223. The smallest absolute Gasteiger partial charge is 0.160 e. The van der Waals surface area contributed by atoms with Crippen LogP contribution in [0.25, 0.3) is 38.8 Å². The van der Waals surface area contributed by atoms with Crippen molar-refractivity contribution in [2.75, 3.05) is 0 Å². The summed E-state index contributed by atoms with van der Waals surface area (Å²) in [6, 6.07) is 47.0. The fraction of sp³-hybridized carbons (Fsp3) is 0.0588. The van der Waals surface area contributed by atoms with Crippen LogP contribution in [0, 0.1) is 22.7 Å². The number of aliphatic imine (C=N–C) groups is 2. The maximum atomic E-state index is 10.5. The highest BCUT2D eigenvalue weighted by Crippen LogP contribution is 2.50. The monoisotopic (exact) mass is 718 g/mol. The van der Waals surface area contributed by atoms with Gasteiger partial charge in [-0.25, -0.2) is 9.98 Å². The molecular weight excluding hydrogens is 685 g/mol. The van der Waals surface area contributed by atoms with Crippen molar-refractivity contribution < 1.29 is 4.42 Å². The van der Waals surface area contributed by atoms with Gasteiger partial charge in [0.15, 0.2) is 5.84 Å². The number of allylic oxidation sites excluding steroid dienone is 5. The first kappa shape index (κ1) is 34.2. The number of hydrogen-bond donors (Lipinski definition) is 0. The van der Waals surface area contributed by atoms with Gasteiger partial charge in [0.25, 0.3) is 0 Å². The first-order chi connectivity index (χ1) is 27.4. The Balaban J connectivity index is 1.31. The van der Waals surface area contributed by atoms with Crippen molar-refractivity contribution >= 4 is 39.2 Å². The molecule has 264 valence electrons. The molecule has 0 saturated heterocycles. The van der Waals surface area contributed by atoms with Crippen LogP contribution in [0.15, 0.2) is 185 Å². The largest absolute Gasteiger partial charge is 0.456 e. The van der Waals surface area contributed by atoms with Crippen LogP contribution in [-0.4, -0.2) is 11.5 Å². The third-order valence-corrected chi connectivity index (χ3v) is 10.8. The zero-order chi connectivity index (χ0) is 38.3. The summed E-state index contributed by atoms with van der Waals surface area (Å²) < 4.78 is 6.24. The Bertz CT molecular complexity index is 3000. The maximum Gasteiger partial charge on any atom is 0.160 e. The van der Waals surface area contributed by atoms with E-state index in [1.165, 1.54) is 0 Å². The summed E-state index contributed by atoms with van der Waals surface area (Å²) in [7, 11) is 0. The summed E-state index contributed by atoms with van der Waals surface area (Å²) in [5, 5.41) is 22.4. The summed E-state index contributed by atoms with van der Waals surface area (Å²) in [6.45, 7) is 11.0. The number of rotatable bonds is 5. The van der Waals surface area contributed by atoms with Crippen LogP contribution in [0.1, 0.15) is 68.8 Å². The van der Waals surface area contributed by atoms with Crippen LogP contribution in [0.2, 0.25) is 0 Å². The molecule has 0 spiro atoms. The van der Waals surface area contributed by atoms with E-state index in [0.29, 0.717) is 22.7 Å². The van der Waals surface area contributed by atoms with E-state index in [1.807, 2.05) is 122 Å². The normalized spacial score (nSPS) is 17.2. The van der Waals surface area contributed by atoms with Crippen molar-refractivity contribution in [3.63, 3.8) is 0 Å². The molecule has 1 heterocycles. The van der Waals surface area contributed by atoms with Crippen LogP contribution in [0.5, 0.6) is 0 Å². The third-order valence-electron chi connectivity index (χ3n) is 10.8. The molecular formula is C51H34N4O. The highest BCUT2D eigenvalue weighted by Gasteiger charge is 2.36. The molecule has 7 aromatic rings. The molecule has 0 radical (unpaired) electrons. The summed E-state index contributed by atoms with van der Waals surface area (Å²) in [5.41, 5.74) is 13.4. The molecule has 1 aromatic heterocycles. The zero-order valence-electron chi connectivity index (χ0n) is 30.7. The lowest BCUT2D eigenvalue weighted by Gasteiger charge is -2.35. The number of nitriles is 2. The van der Waals surface area contributed by atoms with E-state index >= 15 is 0 Å². The zero-order valence-corrected chi connectivity index (χ0v) is 30.7. The first-order valence-electron chi connectivity index (χ1n) is 18.5. The second-order valence-electron chi connectivity index (χ2n) is 14.1. The maximum absolute atomic E-state index is 10.5. The van der Waals surface area contributed by atoms with Crippen LogP contribution in [0.3, 0.4) is 0 Å². The lowest BCUT2D eigenvalue weighted by Crippen LogP contribution is -2.22. The van der Waals surface area contributed by atoms with E-state index in [1.54, 1.807) is 0 Å². The van der Waals surface area contributed by atoms with Crippen LogP contribution >= 0.6 is 0 Å². The van der Waals surface area contributed by atoms with E-state index in [0.717, 1.165) is 83.3 Å². The molecule has 5 nitrogen and oxygen atoms in total. The first-order valence-corrected chi connectivity index (χ1v) is 18.5. The quantitative estimate of drug-likeness (QED) is 0.131. The molecule has 6 aromatic carbocycles. The molecule has 2 bridgehead atoms. The van der Waals surface area contributed by atoms with Gasteiger partial charge in [0.1, 0.15) is 11.2 Å². The van der Waals surface area contributed by atoms with Gasteiger partial charge in [-0.3, -0.25) is 0 Å². The average Bonchev–Trinajstić information content (AvgIpc) is 3.67. The molecule has 2 unspecified atom stereocenters. The van der Waals surface area contributed by atoms with Gasteiger partial charge in [0.05, 0.1) is 29.0 Å². The Kier molecular flexibility index (Phi) is 8.54. The topological polar surface area (TPSA) is 85.4 Å². The molecule has 0 N–H and O–H groups in total. The summed E-state index contributed by atoms with van der Waals surface area (Å²) >= 11 is 0. The van der Waals surface area contributed by atoms with Crippen molar-refractivity contribution in [3.8, 4) is 23.3 Å². The molecule has 56 heavy (non-hydrogen) atoms. The van der Waals surface area contributed by atoms with E-state index in [9.17, 15) is 10.5 Å². The van der Waals surface area contributed by atoms with Gasteiger partial charge >= 0.3 is 0 Å². The Morgan fingerprint density at radius 2 is 1.43 bits per heavy atom. The van der Waals surface area contributed by atoms with Crippen LogP contribution in [0.4, 0.5) is 0 Å². The number of fused-ring (bicyclic) bond motifs is 6. The van der Waals surface area contributed by atoms with Gasteiger partial charge in [0, 0.05) is 39.4 Å². The second kappa shape index (κ2) is 14.0. The number of hydrogen-bond acceptors (Lipinski definition) is 4. The number of para-hydroxylation sites is 1. The molecule has 2 aliphatic rings. The molecule has 5 heteroatoms. The van der Waals surface area contributed by atoms with Gasteiger partial charge in [-0.1, -0.05) is 122 Å². The predicted molar refractivity (Wildman–Crippen MR) is 227 cm³/mol. The minimum atomic E-state index is -0.295. The van der Waals surface area contributed by atoms with E-state index < -0.39 is 0 Å². The van der Waals surface area contributed by atoms with Crippen molar-refractivity contribution in [1.29, 1.82) is 10.5 Å². The number of nitrogens with zero attached hydrogens (tertiary/aromatic N) is 4. The minimum Gasteiger partial charge on any atom is -0.456 e. The lowest BCUT2D eigenvalue weighted by atomic mass is 9.68. The SMILES string of the molecule is C=C(N=C(N=C(C)c1cccc(-c2ccccc2)c1)c1cc(C#N)cc2c1C1/C=C\C=C/C(=C)C2c2cc(C#N)ccc21)c1cccc2oc3ccccc3c12. The highest BCUT2D eigenvalue weighted by molar-refractivity contribution is 6.15. The molecule has 0 saturated carbocycles. The summed E-state index contributed by atoms with van der Waals surface area (Å²) in [4.78, 5) is 10.7. The fourth-order valence-corrected chi connectivity index (χ4v) is 8.19. The summed E-state index contributed by atoms with van der Waals surface area (Å²) in [5.74, 6) is -0.0855. The number of amidine groups is 1. The number of benzene rings is 6. The van der Waals surface area contributed by atoms with E-state index in [4.69, 9.17) is 14.4 Å². The molecule has 9 rings (SSSR count). The van der Waals surface area contributed by atoms with Gasteiger partial charge in [-0.15, -0.1) is 0 Å². The predicted octanol–water partition coefficient (Wildman–Crippen LogP) is 12.2. The Labute approximate surface area is 325 Å². The van der Waals surface area contributed by atoms with Crippen molar-refractivity contribution in [3.05, 3.63) is 220 Å². The number of furan rings is 1. The molecule has 0 amide bonds. The highest BCUT2D eigenvalue weighted by atomic mass is 16.3. The van der Waals surface area contributed by atoms with Crippen molar-refractivity contribution in [1.82, 2.24) is 0 Å². The van der Waals surface area contributed by atoms with Gasteiger partial charge in [-0.05, 0) is 93.9 Å². The molecule has 2 atom stereocenters. The molecule has 0 fully saturated rings. The Hall–Kier alpha value is -7.60. The van der Waals surface area contributed by atoms with E-state index in [-0.39, 0.29) is 11.8 Å². The average molecular weight is 719 g/mol. The molecule has 0 aliphatic heterocycles. The van der Waals surface area contributed by atoms with Crippen molar-refractivity contribution in [2.24, 2.45) is 9.98 Å². The van der Waals surface area contributed by atoms with Crippen LogP contribution < -0.4 is 0 Å². The summed E-state index contributed by atoms with van der Waals surface area (Å²) in [6.07, 6.45) is 8.22. The second-order valence-corrected chi connectivity index (χ2v) is 14.1. The van der Waals surface area contributed by atoms with Gasteiger partial charge in [-0.2, -0.15) is 10.5 Å². The van der Waals surface area contributed by atoms with E-state index in [2.05, 4.69) is 61.7 Å². The van der Waals surface area contributed by atoms with Crippen molar-refractivity contribution in [2.45, 2.75) is 18.8 Å². The lowest BCUT2D eigenvalue weighted by molar-refractivity contribution is 0.669. The Morgan fingerprint density at radius 3 is 2.27 bits per heavy atom. The standard InChI is InChI=1S/C51H34N4O/c1-31-13-7-8-18-41-40-24-23-34(29-52)25-43(40)48(31)44-26-35(30-53)27-45(49(41)44)51(54-32(2)37-16-11-17-38(28-37)36-14-5-4-6-15-36)55-33(3)39-20-12-22-47-50(39)42-19-9-10-21-46(42)56-47/h4-28,41,48H,1,3H2,2H3/b13-7-,18-8-,54-32?,55-51?. The molecule has 2 aliphatic carbocycles. The third kappa shape index (κ3) is 5.89.